The lowest BCUT2D eigenvalue weighted by atomic mass is 9.90. The number of carbonyl (C=O) groups is 1. The van der Waals surface area contributed by atoms with Crippen LogP contribution in [0.4, 0.5) is 0 Å². The third-order valence-corrected chi connectivity index (χ3v) is 8.51. The van der Waals surface area contributed by atoms with Crippen LogP contribution in [0.1, 0.15) is 37.9 Å². The Labute approximate surface area is 247 Å². The molecule has 1 N–H and O–H groups in total. The van der Waals surface area contributed by atoms with Crippen LogP contribution in [-0.4, -0.2) is 54.9 Å². The van der Waals surface area contributed by atoms with Gasteiger partial charge in [-0.2, -0.15) is 0 Å². The van der Waals surface area contributed by atoms with Crippen LogP contribution in [0, 0.1) is 0 Å². The standard InChI is InChI=1S/C32H33N3O6S/c1-7-34(8-2)31(38)26-18(3)33-32-35(28(26)27-21-12-10-9-11-20(21)13-14-22(27)39-4)30(37)25(42-32)17-19-15-23(40-5)29(36)24(16-19)41-6/h9-17,28,36H,7-8H2,1-6H3/b25-17+/t28-/m0/s1. The topological polar surface area (TPSA) is 103 Å². The number of allylic oxidation sites excluding steroid dienone is 1. The number of phenols is 1. The van der Waals surface area contributed by atoms with Crippen molar-refractivity contribution in [2.75, 3.05) is 34.4 Å². The van der Waals surface area contributed by atoms with E-state index in [9.17, 15) is 14.7 Å². The van der Waals surface area contributed by atoms with E-state index >= 15 is 0 Å². The van der Waals surface area contributed by atoms with Crippen molar-refractivity contribution in [3.8, 4) is 23.0 Å². The van der Waals surface area contributed by atoms with E-state index in [0.717, 1.165) is 16.3 Å². The van der Waals surface area contributed by atoms with Crippen LogP contribution in [0.15, 0.2) is 69.6 Å². The van der Waals surface area contributed by atoms with Crippen LogP contribution < -0.4 is 29.1 Å². The van der Waals surface area contributed by atoms with Crippen LogP contribution in [0.2, 0.25) is 0 Å². The highest BCUT2D eigenvalue weighted by atomic mass is 32.1. The third-order valence-electron chi connectivity index (χ3n) is 7.53. The average Bonchev–Trinajstić information content (AvgIpc) is 3.30. The van der Waals surface area contributed by atoms with Gasteiger partial charge >= 0.3 is 0 Å². The molecule has 1 amide bonds. The summed E-state index contributed by atoms with van der Waals surface area (Å²) in [5.74, 6) is 0.700. The molecule has 3 aromatic carbocycles. The van der Waals surface area contributed by atoms with E-state index in [1.165, 1.54) is 25.6 Å². The summed E-state index contributed by atoms with van der Waals surface area (Å²) >= 11 is 1.23. The van der Waals surface area contributed by atoms with Crippen molar-refractivity contribution in [1.29, 1.82) is 0 Å². The van der Waals surface area contributed by atoms with E-state index in [2.05, 4.69) is 0 Å². The number of phenolic OH excluding ortho intramolecular Hbond substituents is 1. The Bertz CT molecular complexity index is 1880. The fourth-order valence-corrected chi connectivity index (χ4v) is 6.48. The summed E-state index contributed by atoms with van der Waals surface area (Å²) < 4.78 is 18.5. The Morgan fingerprint density at radius 3 is 2.29 bits per heavy atom. The van der Waals surface area contributed by atoms with Crippen molar-refractivity contribution in [1.82, 2.24) is 9.47 Å². The number of rotatable bonds is 8. The Kier molecular flexibility index (Phi) is 8.08. The van der Waals surface area contributed by atoms with Crippen LogP contribution in [-0.2, 0) is 4.79 Å². The Morgan fingerprint density at radius 2 is 1.67 bits per heavy atom. The second-order valence-corrected chi connectivity index (χ2v) is 10.7. The molecule has 1 atom stereocenters. The lowest BCUT2D eigenvalue weighted by Gasteiger charge is -2.30. The van der Waals surface area contributed by atoms with Crippen molar-refractivity contribution < 1.29 is 24.1 Å². The molecule has 0 unspecified atom stereocenters. The molecule has 2 heterocycles. The number of hydrogen-bond acceptors (Lipinski definition) is 8. The highest BCUT2D eigenvalue weighted by molar-refractivity contribution is 7.07. The molecule has 10 heteroatoms. The second kappa shape index (κ2) is 11.7. The molecule has 4 aromatic rings. The number of likely N-dealkylation sites (N-methyl/N-ethyl adjacent to an activating group) is 1. The van der Waals surface area contributed by atoms with E-state index in [-0.39, 0.29) is 28.7 Å². The highest BCUT2D eigenvalue weighted by Crippen LogP contribution is 2.41. The van der Waals surface area contributed by atoms with Gasteiger partial charge in [0.1, 0.15) is 11.8 Å². The van der Waals surface area contributed by atoms with Crippen molar-refractivity contribution in [3.63, 3.8) is 0 Å². The fourth-order valence-electron chi connectivity index (χ4n) is 5.43. The Balaban J connectivity index is 1.84. The lowest BCUT2D eigenvalue weighted by Crippen LogP contribution is -2.43. The first-order valence-corrected chi connectivity index (χ1v) is 14.4. The first-order chi connectivity index (χ1) is 20.3. The molecule has 0 spiro atoms. The highest BCUT2D eigenvalue weighted by Gasteiger charge is 2.36. The zero-order valence-electron chi connectivity index (χ0n) is 24.4. The van der Waals surface area contributed by atoms with Crippen molar-refractivity contribution in [2.24, 2.45) is 4.99 Å². The molecule has 9 nitrogen and oxygen atoms in total. The molecule has 0 aliphatic carbocycles. The maximum absolute atomic E-state index is 14.3. The largest absolute Gasteiger partial charge is 0.502 e. The first kappa shape index (κ1) is 28.9. The van der Waals surface area contributed by atoms with E-state index in [0.29, 0.717) is 45.0 Å². The number of carbonyl (C=O) groups excluding carboxylic acids is 1. The van der Waals surface area contributed by atoms with Crippen molar-refractivity contribution in [2.45, 2.75) is 26.8 Å². The van der Waals surface area contributed by atoms with E-state index in [4.69, 9.17) is 19.2 Å². The van der Waals surface area contributed by atoms with Gasteiger partial charge in [0.2, 0.25) is 5.75 Å². The number of benzene rings is 3. The molecule has 0 fully saturated rings. The first-order valence-electron chi connectivity index (χ1n) is 13.6. The molecular weight excluding hydrogens is 554 g/mol. The van der Waals surface area contributed by atoms with Gasteiger partial charge in [-0.05, 0) is 61.4 Å². The van der Waals surface area contributed by atoms with Crippen LogP contribution in [0.5, 0.6) is 23.0 Å². The maximum atomic E-state index is 14.3. The molecule has 0 saturated heterocycles. The summed E-state index contributed by atoms with van der Waals surface area (Å²) in [7, 11) is 4.48. The molecule has 1 aromatic heterocycles. The number of amides is 1. The van der Waals surface area contributed by atoms with Gasteiger partial charge in [-0.3, -0.25) is 14.2 Å². The SMILES string of the molecule is CCN(CC)C(=O)C1=C(C)N=c2s/c(=C/c3cc(OC)c(O)c(OC)c3)c(=O)n2[C@@H]1c1c(OC)ccc2ccccc12. The van der Waals surface area contributed by atoms with E-state index in [1.54, 1.807) is 34.8 Å². The van der Waals surface area contributed by atoms with Crippen LogP contribution >= 0.6 is 11.3 Å². The quantitative estimate of drug-likeness (QED) is 0.335. The number of aromatic nitrogens is 1. The predicted molar refractivity (Wildman–Crippen MR) is 163 cm³/mol. The Morgan fingerprint density at radius 1 is 1.02 bits per heavy atom. The fraction of sp³-hybridized carbons (Fsp3) is 0.281. The van der Waals surface area contributed by atoms with E-state index in [1.807, 2.05) is 57.2 Å². The molecule has 1 aliphatic heterocycles. The normalized spacial score (nSPS) is 14.9. The monoisotopic (exact) mass is 587 g/mol. The Hall–Kier alpha value is -4.57. The summed E-state index contributed by atoms with van der Waals surface area (Å²) in [6, 6.07) is 14.2. The zero-order chi connectivity index (χ0) is 30.1. The number of fused-ring (bicyclic) bond motifs is 2. The third kappa shape index (κ3) is 4.81. The second-order valence-electron chi connectivity index (χ2n) is 9.74. The molecule has 0 saturated carbocycles. The van der Waals surface area contributed by atoms with Gasteiger partial charge in [0.25, 0.3) is 11.5 Å². The van der Waals surface area contributed by atoms with Gasteiger partial charge < -0.3 is 24.2 Å². The van der Waals surface area contributed by atoms with E-state index < -0.39 is 6.04 Å². The van der Waals surface area contributed by atoms with Crippen LogP contribution in [0.3, 0.4) is 0 Å². The summed E-state index contributed by atoms with van der Waals surface area (Å²) in [6.45, 7) is 6.70. The molecule has 0 bridgehead atoms. The number of nitrogens with zero attached hydrogens (tertiary/aromatic N) is 3. The van der Waals surface area contributed by atoms with Gasteiger partial charge in [0.05, 0.1) is 37.1 Å². The number of methoxy groups -OCH3 is 3. The maximum Gasteiger partial charge on any atom is 0.271 e. The summed E-state index contributed by atoms with van der Waals surface area (Å²) in [4.78, 5) is 35.3. The summed E-state index contributed by atoms with van der Waals surface area (Å²) in [5.41, 5.74) is 2.00. The van der Waals surface area contributed by atoms with Gasteiger partial charge in [-0.15, -0.1) is 0 Å². The molecular formula is C32H33N3O6S. The smallest absolute Gasteiger partial charge is 0.271 e. The molecule has 0 radical (unpaired) electrons. The minimum Gasteiger partial charge on any atom is -0.502 e. The zero-order valence-corrected chi connectivity index (χ0v) is 25.2. The number of ether oxygens (including phenoxy) is 3. The van der Waals surface area contributed by atoms with Gasteiger partial charge in [0, 0.05) is 18.7 Å². The number of hydrogen-bond donors (Lipinski definition) is 1. The predicted octanol–water partition coefficient (Wildman–Crippen LogP) is 3.99. The summed E-state index contributed by atoms with van der Waals surface area (Å²) in [6.07, 6.45) is 1.71. The van der Waals surface area contributed by atoms with Gasteiger partial charge in [-0.25, -0.2) is 4.99 Å². The number of aromatic hydroxyl groups is 1. The lowest BCUT2D eigenvalue weighted by molar-refractivity contribution is -0.127. The molecule has 42 heavy (non-hydrogen) atoms. The molecule has 1 aliphatic rings. The number of thiazole rings is 1. The van der Waals surface area contributed by atoms with Gasteiger partial charge in [-0.1, -0.05) is 41.7 Å². The van der Waals surface area contributed by atoms with Crippen LogP contribution in [0.25, 0.3) is 16.8 Å². The minimum absolute atomic E-state index is 0.128. The summed E-state index contributed by atoms with van der Waals surface area (Å²) in [5, 5.41) is 12.2. The minimum atomic E-state index is -0.776. The molecule has 218 valence electrons. The average molecular weight is 588 g/mol. The molecule has 5 rings (SSSR count). The van der Waals surface area contributed by atoms with Crippen molar-refractivity contribution >= 4 is 34.1 Å². The van der Waals surface area contributed by atoms with Gasteiger partial charge in [0.15, 0.2) is 16.3 Å². The van der Waals surface area contributed by atoms with Crippen molar-refractivity contribution in [3.05, 3.63) is 90.6 Å².